The molecule has 1 aliphatic rings. The first kappa shape index (κ1) is 25.5. The molecule has 1 aliphatic heterocycles. The number of aryl methyl sites for hydroxylation is 1. The molecule has 0 fully saturated rings. The Bertz CT molecular complexity index is 1510. The first-order valence-corrected chi connectivity index (χ1v) is 12.9. The van der Waals surface area contributed by atoms with E-state index in [0.717, 1.165) is 28.8 Å². The highest BCUT2D eigenvalue weighted by Gasteiger charge is 2.26. The Morgan fingerprint density at radius 2 is 1.89 bits per heavy atom. The number of likely N-dealkylation sites (N-methyl/N-ethyl adjacent to an activating group) is 1. The molecule has 7 nitrogen and oxygen atoms in total. The van der Waals surface area contributed by atoms with Gasteiger partial charge in [0, 0.05) is 35.1 Å². The molecule has 2 bridgehead atoms. The molecule has 2 amide bonds. The molecule has 0 saturated carbocycles. The number of aromatic amines is 1. The molecule has 2 aromatic carbocycles. The van der Waals surface area contributed by atoms with Gasteiger partial charge in [-0.2, -0.15) is 0 Å². The molecule has 4 aromatic rings. The summed E-state index contributed by atoms with van der Waals surface area (Å²) in [6.07, 6.45) is 6.01. The number of methoxy groups -OCH3 is 1. The van der Waals surface area contributed by atoms with E-state index in [2.05, 4.69) is 39.6 Å². The highest BCUT2D eigenvalue weighted by Crippen LogP contribution is 2.26. The lowest BCUT2D eigenvalue weighted by atomic mass is 10.00. The smallest absolute Gasteiger partial charge is 0.249 e. The average molecular weight is 529 g/mol. The number of amides is 2. The van der Waals surface area contributed by atoms with Crippen molar-refractivity contribution < 1.29 is 14.3 Å². The van der Waals surface area contributed by atoms with Crippen LogP contribution in [0.3, 0.4) is 0 Å². The predicted octanol–water partition coefficient (Wildman–Crippen LogP) is 5.12. The number of benzene rings is 2. The minimum Gasteiger partial charge on any atom is -0.481 e. The molecule has 38 heavy (non-hydrogen) atoms. The number of ether oxygens (including phenoxy) is 1. The van der Waals surface area contributed by atoms with Crippen LogP contribution in [0.1, 0.15) is 28.8 Å². The summed E-state index contributed by atoms with van der Waals surface area (Å²) in [5.41, 5.74) is 6.07. The molecule has 0 unspecified atom stereocenters. The maximum Gasteiger partial charge on any atom is 0.249 e. The minimum atomic E-state index is -0.707. The Balaban J connectivity index is 1.51. The summed E-state index contributed by atoms with van der Waals surface area (Å²) in [4.78, 5) is 36.6. The molecule has 8 heteroatoms. The van der Waals surface area contributed by atoms with Crippen LogP contribution in [0.2, 0.25) is 5.02 Å². The van der Waals surface area contributed by atoms with Gasteiger partial charge in [-0.15, -0.1) is 0 Å². The quantitative estimate of drug-likeness (QED) is 0.386. The van der Waals surface area contributed by atoms with E-state index in [9.17, 15) is 9.59 Å². The second kappa shape index (κ2) is 11.1. The van der Waals surface area contributed by atoms with Crippen molar-refractivity contribution in [3.05, 3.63) is 94.1 Å². The Hall–Kier alpha value is -4.10. The third-order valence-electron chi connectivity index (χ3n) is 6.83. The summed E-state index contributed by atoms with van der Waals surface area (Å²) < 4.78 is 5.32. The number of nitrogens with zero attached hydrogens (tertiary/aromatic N) is 2. The van der Waals surface area contributed by atoms with Crippen LogP contribution in [0, 0.1) is 0 Å². The third-order valence-corrected chi connectivity index (χ3v) is 7.08. The number of fused-ring (bicyclic) bond motifs is 5. The molecule has 1 atom stereocenters. The van der Waals surface area contributed by atoms with E-state index in [1.807, 2.05) is 18.2 Å². The zero-order valence-corrected chi connectivity index (χ0v) is 22.1. The summed E-state index contributed by atoms with van der Waals surface area (Å²) >= 11 is 6.03. The number of anilines is 1. The lowest BCUT2D eigenvalue weighted by Gasteiger charge is -2.25. The number of rotatable bonds is 3. The number of carbonyl (C=O) groups excluding carboxylic acids is 2. The molecular weight excluding hydrogens is 500 g/mol. The van der Waals surface area contributed by atoms with Crippen molar-refractivity contribution in [3.63, 3.8) is 0 Å². The van der Waals surface area contributed by atoms with Crippen LogP contribution in [0.15, 0.2) is 66.7 Å². The number of hydrogen-bond acceptors (Lipinski definition) is 4. The monoisotopic (exact) mass is 528 g/mol. The van der Waals surface area contributed by atoms with Gasteiger partial charge in [-0.05, 0) is 66.8 Å². The zero-order valence-electron chi connectivity index (χ0n) is 21.3. The molecule has 0 radical (unpaired) electrons. The van der Waals surface area contributed by atoms with Crippen molar-refractivity contribution in [1.82, 2.24) is 15.3 Å². The SMILES string of the molecule is COc1ccc2[nH]c3c(c2n1)CC(=O)N[C@H](C(=O)N(C)c1ccc(Cl)cc1)CCc1cccc(c1)C/C=C/3. The van der Waals surface area contributed by atoms with E-state index >= 15 is 0 Å². The number of hydrogen-bond donors (Lipinski definition) is 2. The maximum absolute atomic E-state index is 13.6. The van der Waals surface area contributed by atoms with Gasteiger partial charge >= 0.3 is 0 Å². The van der Waals surface area contributed by atoms with Gasteiger partial charge in [0.25, 0.3) is 0 Å². The molecular formula is C30H29ClN4O3. The predicted molar refractivity (Wildman–Crippen MR) is 151 cm³/mol. The number of nitrogens with one attached hydrogen (secondary N) is 2. The second-order valence-corrected chi connectivity index (χ2v) is 9.84. The van der Waals surface area contributed by atoms with Crippen molar-refractivity contribution in [3.8, 4) is 5.88 Å². The van der Waals surface area contributed by atoms with E-state index in [4.69, 9.17) is 16.3 Å². The van der Waals surface area contributed by atoms with Gasteiger partial charge < -0.3 is 19.9 Å². The summed E-state index contributed by atoms with van der Waals surface area (Å²) in [7, 11) is 3.27. The van der Waals surface area contributed by atoms with E-state index in [1.54, 1.807) is 49.4 Å². The van der Waals surface area contributed by atoms with Gasteiger partial charge in [-0.3, -0.25) is 9.59 Å². The second-order valence-electron chi connectivity index (χ2n) is 9.40. The largest absolute Gasteiger partial charge is 0.481 e. The fourth-order valence-electron chi connectivity index (χ4n) is 4.78. The molecule has 0 saturated heterocycles. The molecule has 0 aliphatic carbocycles. The number of halogens is 1. The molecule has 3 heterocycles. The summed E-state index contributed by atoms with van der Waals surface area (Å²) in [6, 6.07) is 18.4. The van der Waals surface area contributed by atoms with E-state index < -0.39 is 6.04 Å². The summed E-state index contributed by atoms with van der Waals surface area (Å²) in [5.74, 6) is 0.0270. The summed E-state index contributed by atoms with van der Waals surface area (Å²) in [5, 5.41) is 3.60. The number of H-pyrrole nitrogens is 1. The van der Waals surface area contributed by atoms with Gasteiger partial charge in [-0.1, -0.05) is 41.9 Å². The van der Waals surface area contributed by atoms with Crippen LogP contribution in [0.25, 0.3) is 17.1 Å². The fraction of sp³-hybridized carbons (Fsp3) is 0.233. The van der Waals surface area contributed by atoms with E-state index in [1.165, 1.54) is 5.56 Å². The lowest BCUT2D eigenvalue weighted by Crippen LogP contribution is -2.48. The Labute approximate surface area is 226 Å². The standard InChI is InChI=1S/C30H29ClN4O3/c1-35(22-12-10-21(31)11-13-22)30(37)26-14-9-20-6-3-5-19(17-20)7-4-8-24-23(18-27(36)33-26)29-25(32-24)15-16-28(34-29)38-2/h3-6,8,10-13,15-17,26,32H,7,9,14,18H2,1-2H3,(H,33,36)/b8-4+/t26-/m0/s1. The molecule has 0 spiro atoms. The van der Waals surface area contributed by atoms with Crippen LogP contribution in [0.5, 0.6) is 5.88 Å². The van der Waals surface area contributed by atoms with Crippen molar-refractivity contribution in [2.24, 2.45) is 0 Å². The lowest BCUT2D eigenvalue weighted by molar-refractivity contribution is -0.127. The number of pyridine rings is 1. The average Bonchev–Trinajstić information content (AvgIpc) is 3.26. The number of allylic oxidation sites excluding steroid dienone is 1. The first-order valence-electron chi connectivity index (χ1n) is 12.5. The van der Waals surface area contributed by atoms with Crippen LogP contribution in [0.4, 0.5) is 5.69 Å². The third kappa shape index (κ3) is 5.58. The maximum atomic E-state index is 13.6. The Morgan fingerprint density at radius 3 is 2.68 bits per heavy atom. The normalized spacial score (nSPS) is 16.7. The molecule has 5 rings (SSSR count). The van der Waals surface area contributed by atoms with Crippen LogP contribution >= 0.6 is 11.6 Å². The molecule has 2 aromatic heterocycles. The minimum absolute atomic E-state index is 0.0690. The van der Waals surface area contributed by atoms with E-state index in [0.29, 0.717) is 34.9 Å². The van der Waals surface area contributed by atoms with Gasteiger partial charge in [0.05, 0.1) is 24.6 Å². The zero-order chi connectivity index (χ0) is 26.6. The van der Waals surface area contributed by atoms with E-state index in [-0.39, 0.29) is 18.2 Å². The van der Waals surface area contributed by atoms with Crippen molar-refractivity contribution in [2.75, 3.05) is 19.1 Å². The van der Waals surface area contributed by atoms with Gasteiger partial charge in [0.1, 0.15) is 6.04 Å². The topological polar surface area (TPSA) is 87.3 Å². The number of carbonyl (C=O) groups is 2. The van der Waals surface area contributed by atoms with Gasteiger partial charge in [-0.25, -0.2) is 4.98 Å². The highest BCUT2D eigenvalue weighted by molar-refractivity contribution is 6.30. The van der Waals surface area contributed by atoms with Crippen LogP contribution in [-0.4, -0.2) is 42.0 Å². The molecule has 194 valence electrons. The van der Waals surface area contributed by atoms with Crippen LogP contribution < -0.4 is 15.0 Å². The van der Waals surface area contributed by atoms with Crippen LogP contribution in [-0.2, 0) is 28.9 Å². The first-order chi connectivity index (χ1) is 18.4. The Morgan fingerprint density at radius 1 is 1.11 bits per heavy atom. The fourth-order valence-corrected chi connectivity index (χ4v) is 4.91. The molecule has 2 N–H and O–H groups in total. The van der Waals surface area contributed by atoms with Gasteiger partial charge in [0.15, 0.2) is 0 Å². The van der Waals surface area contributed by atoms with Gasteiger partial charge in [0.2, 0.25) is 17.7 Å². The van der Waals surface area contributed by atoms with Crippen molar-refractivity contribution in [2.45, 2.75) is 31.7 Å². The van der Waals surface area contributed by atoms with Crippen molar-refractivity contribution in [1.29, 1.82) is 0 Å². The summed E-state index contributed by atoms with van der Waals surface area (Å²) in [6.45, 7) is 0. The highest BCUT2D eigenvalue weighted by atomic mass is 35.5. The van der Waals surface area contributed by atoms with Crippen molar-refractivity contribution >= 4 is 46.2 Å². The number of aromatic nitrogens is 2. The Kier molecular flexibility index (Phi) is 7.47.